The van der Waals surface area contributed by atoms with Crippen molar-refractivity contribution in [1.82, 2.24) is 0 Å². The summed E-state index contributed by atoms with van der Waals surface area (Å²) >= 11 is 0. The van der Waals surface area contributed by atoms with Crippen molar-refractivity contribution in [2.75, 3.05) is 47.5 Å². The maximum atomic E-state index is 13.0. The molecule has 0 bridgehead atoms. The monoisotopic (exact) mass is 1450 g/mol. The van der Waals surface area contributed by atoms with Crippen molar-refractivity contribution < 1.29 is 42.9 Å². The molecule has 2 atom stereocenters. The topological polar surface area (TPSA) is 108 Å². The molecule has 0 spiro atoms. The van der Waals surface area contributed by atoms with Crippen molar-refractivity contribution in [1.29, 1.82) is 0 Å². The predicted molar refractivity (Wildman–Crippen MR) is 455 cm³/mol. The van der Waals surface area contributed by atoms with Gasteiger partial charge in [0.2, 0.25) is 0 Å². The Bertz CT molecular complexity index is 2640. The van der Waals surface area contributed by atoms with Crippen molar-refractivity contribution in [3.8, 4) is 0 Å². The second-order valence-corrected chi connectivity index (χ2v) is 27.6. The van der Waals surface area contributed by atoms with Gasteiger partial charge in [0, 0.05) is 12.8 Å². The molecule has 9 nitrogen and oxygen atoms in total. The number of esters is 2. The highest BCUT2D eigenvalue weighted by Crippen LogP contribution is 2.16. The van der Waals surface area contributed by atoms with Crippen LogP contribution in [0.3, 0.4) is 0 Å². The van der Waals surface area contributed by atoms with E-state index >= 15 is 0 Å². The Hall–Kier alpha value is -6.91. The first-order chi connectivity index (χ1) is 51.6. The fourth-order valence-electron chi connectivity index (χ4n) is 10.4. The molecule has 105 heavy (non-hydrogen) atoms. The fraction of sp³-hybridized carbons (Fsp3) is 0.552. The van der Waals surface area contributed by atoms with Gasteiger partial charge in [0.05, 0.1) is 34.4 Å². The van der Waals surface area contributed by atoms with Crippen molar-refractivity contribution in [3.05, 3.63) is 243 Å². The Morgan fingerprint density at radius 3 is 0.762 bits per heavy atom. The Kier molecular flexibility index (Phi) is 77.3. The van der Waals surface area contributed by atoms with Gasteiger partial charge in [-0.3, -0.25) is 9.59 Å². The SMILES string of the molecule is CC/C=C\C/C=C\C/C=C\C/C=C\C/C=C\C/C=C\C/C=C\C/C=C\C/C=C\C/C=C\C/C=C\C/C=C\CCCCCCC(=O)OC(COC(=O)CCCCCCCCCCCCCCCC/C=C\C/C=C\C/C=C\C/C=C\C/C=C\C/C=C\C/C=C\C/C=C\CC)COC(OCC[N+](C)(C)C)C(=O)O. The van der Waals surface area contributed by atoms with E-state index in [1.165, 1.54) is 77.0 Å². The molecular weight excluding hydrogens is 1300 g/mol. The first kappa shape index (κ1) is 98.1. The summed E-state index contributed by atoms with van der Waals surface area (Å²) in [5, 5.41) is 9.78. The van der Waals surface area contributed by atoms with E-state index in [1.807, 2.05) is 21.1 Å². The van der Waals surface area contributed by atoms with Crippen LogP contribution in [0.1, 0.15) is 284 Å². The Labute approximate surface area is 643 Å². The highest BCUT2D eigenvalue weighted by atomic mass is 16.7. The number of hydrogen-bond acceptors (Lipinski definition) is 7. The number of quaternary nitrogens is 1. The summed E-state index contributed by atoms with van der Waals surface area (Å²) < 4.78 is 23.0. The number of nitrogens with zero attached hydrogens (tertiary/aromatic N) is 1. The number of carboxylic acids is 1. The number of allylic oxidation sites excluding steroid dienone is 40. The molecule has 0 aliphatic carbocycles. The van der Waals surface area contributed by atoms with E-state index in [4.69, 9.17) is 18.9 Å². The van der Waals surface area contributed by atoms with Crippen LogP contribution in [0.2, 0.25) is 0 Å². The van der Waals surface area contributed by atoms with E-state index < -0.39 is 24.3 Å². The van der Waals surface area contributed by atoms with E-state index in [0.29, 0.717) is 17.4 Å². The maximum Gasteiger partial charge on any atom is 0.361 e. The quantitative estimate of drug-likeness (QED) is 0.0211. The van der Waals surface area contributed by atoms with E-state index in [0.717, 1.165) is 173 Å². The number of unbranched alkanes of at least 4 members (excludes halogenated alkanes) is 18. The van der Waals surface area contributed by atoms with Gasteiger partial charge in [0.1, 0.15) is 13.2 Å². The van der Waals surface area contributed by atoms with Crippen molar-refractivity contribution >= 4 is 17.9 Å². The number of carbonyl (C=O) groups excluding carboxylic acids is 2. The number of carbonyl (C=O) groups is 3. The minimum atomic E-state index is -1.53. The summed E-state index contributed by atoms with van der Waals surface area (Å²) in [6.07, 6.45) is 130. The first-order valence-electron chi connectivity index (χ1n) is 41.2. The van der Waals surface area contributed by atoms with Crippen LogP contribution in [0.5, 0.6) is 0 Å². The lowest BCUT2D eigenvalue weighted by molar-refractivity contribution is -0.870. The molecule has 0 aromatic rings. The molecule has 0 rings (SSSR count). The van der Waals surface area contributed by atoms with Crippen LogP contribution in [-0.2, 0) is 33.3 Å². The molecule has 0 aliphatic heterocycles. The van der Waals surface area contributed by atoms with Crippen LogP contribution in [0.25, 0.3) is 0 Å². The minimum absolute atomic E-state index is 0.170. The highest BCUT2D eigenvalue weighted by molar-refractivity contribution is 5.71. The molecule has 1 N–H and O–H groups in total. The molecule has 0 amide bonds. The van der Waals surface area contributed by atoms with Gasteiger partial charge in [0.25, 0.3) is 6.29 Å². The molecule has 9 heteroatoms. The maximum absolute atomic E-state index is 13.0. The van der Waals surface area contributed by atoms with Crippen molar-refractivity contribution in [2.45, 2.75) is 296 Å². The van der Waals surface area contributed by atoms with Crippen molar-refractivity contribution in [2.24, 2.45) is 0 Å². The number of carboxylic acid groups (broad SMARTS) is 1. The van der Waals surface area contributed by atoms with Crippen molar-refractivity contribution in [3.63, 3.8) is 0 Å². The van der Waals surface area contributed by atoms with E-state index in [2.05, 4.69) is 257 Å². The summed E-state index contributed by atoms with van der Waals surface area (Å²) in [7, 11) is 5.96. The Morgan fingerprint density at radius 1 is 0.286 bits per heavy atom. The van der Waals surface area contributed by atoms with Gasteiger partial charge in [-0.05, 0) is 167 Å². The number of hydrogen-bond donors (Lipinski definition) is 1. The first-order valence-corrected chi connectivity index (χ1v) is 41.2. The van der Waals surface area contributed by atoms with Gasteiger partial charge >= 0.3 is 17.9 Å². The molecule has 0 saturated carbocycles. The smallest absolute Gasteiger partial charge is 0.361 e. The fourth-order valence-corrected chi connectivity index (χ4v) is 10.4. The number of aliphatic carboxylic acids is 1. The second-order valence-electron chi connectivity index (χ2n) is 27.6. The van der Waals surface area contributed by atoms with E-state index in [-0.39, 0.29) is 38.6 Å². The Balaban J connectivity index is 4.18. The largest absolute Gasteiger partial charge is 0.477 e. The summed E-state index contributed by atoms with van der Waals surface area (Å²) in [6.45, 7) is 4.60. The third kappa shape index (κ3) is 84.2. The summed E-state index contributed by atoms with van der Waals surface area (Å²) in [5.41, 5.74) is 0. The highest BCUT2D eigenvalue weighted by Gasteiger charge is 2.25. The lowest BCUT2D eigenvalue weighted by Gasteiger charge is -2.25. The summed E-state index contributed by atoms with van der Waals surface area (Å²) in [6, 6.07) is 0. The molecule has 0 radical (unpaired) electrons. The van der Waals surface area contributed by atoms with Crippen LogP contribution in [0, 0.1) is 0 Å². The minimum Gasteiger partial charge on any atom is -0.477 e. The number of rotatable bonds is 73. The van der Waals surface area contributed by atoms with E-state index in [1.54, 1.807) is 0 Å². The number of ether oxygens (including phenoxy) is 4. The predicted octanol–water partition coefficient (Wildman–Crippen LogP) is 27.1. The zero-order valence-electron chi connectivity index (χ0n) is 67.0. The molecule has 0 heterocycles. The molecule has 2 unspecified atom stereocenters. The van der Waals surface area contributed by atoms with Gasteiger partial charge in [-0.25, -0.2) is 4.79 Å². The van der Waals surface area contributed by atoms with Gasteiger partial charge in [-0.2, -0.15) is 0 Å². The molecule has 0 saturated heterocycles. The van der Waals surface area contributed by atoms with Crippen LogP contribution >= 0.6 is 0 Å². The van der Waals surface area contributed by atoms with Gasteiger partial charge in [0.15, 0.2) is 6.10 Å². The molecule has 0 fully saturated rings. The molecule has 586 valence electrons. The number of likely N-dealkylation sites (N-methyl/N-ethyl adjacent to an activating group) is 1. The third-order valence-corrected chi connectivity index (χ3v) is 16.6. The normalized spacial score (nSPS) is 14.0. The lowest BCUT2D eigenvalue weighted by Crippen LogP contribution is -2.40. The Morgan fingerprint density at radius 2 is 0.514 bits per heavy atom. The molecule has 0 aromatic carbocycles. The molecule has 0 aliphatic rings. The van der Waals surface area contributed by atoms with Crippen LogP contribution < -0.4 is 0 Å². The third-order valence-electron chi connectivity index (χ3n) is 16.6. The zero-order valence-corrected chi connectivity index (χ0v) is 67.0. The zero-order chi connectivity index (χ0) is 76.0. The second kappa shape index (κ2) is 82.7. The van der Waals surface area contributed by atoms with Crippen LogP contribution in [0.4, 0.5) is 0 Å². The average molecular weight is 1450 g/mol. The van der Waals surface area contributed by atoms with E-state index in [9.17, 15) is 19.5 Å². The molecule has 0 aromatic heterocycles. The van der Waals surface area contributed by atoms with Gasteiger partial charge in [-0.15, -0.1) is 0 Å². The van der Waals surface area contributed by atoms with Crippen LogP contribution in [0.15, 0.2) is 243 Å². The molecular formula is C96H150NO8+. The lowest BCUT2D eigenvalue weighted by atomic mass is 10.0. The van der Waals surface area contributed by atoms with Gasteiger partial charge in [-0.1, -0.05) is 347 Å². The summed E-state index contributed by atoms with van der Waals surface area (Å²) in [5.74, 6) is -2.06. The van der Waals surface area contributed by atoms with Gasteiger partial charge < -0.3 is 28.5 Å². The summed E-state index contributed by atoms with van der Waals surface area (Å²) in [4.78, 5) is 37.8. The average Bonchev–Trinajstić information content (AvgIpc) is 1.18. The van der Waals surface area contributed by atoms with Crippen LogP contribution in [-0.4, -0.2) is 87.4 Å². The standard InChI is InChI=1S/C96H149NO8/c1-6-8-10-12-14-16-18-20-22-24-26-28-30-32-34-36-38-40-42-44-46-47-49-51-53-55-57-59-61-63-65-67-69-71-73-75-77-79-81-83-85-87-94(99)105-92(91-104-96(95(100)101)102-89-88-97(3,4)5)90-103-93(98)86-84-82-80-78-76-74-72-70-68-66-64-62-60-58-56-54-52-50-48-45-43-41-39-37-35-33-31-29-27-25-23-21-19-17-15-13-11-9-7-2/h8-11,14-17,20-23,26-29,32-35,38-41,44-46,48-49,51-52,54-55,57,61,63,67,69,73,75,92,96H,6-7,12-13,18-19,24-25,30-31,36-37,42-43,47,50,53,56,58-60,62,64-66,68,70-72,74,76-91H2,1-5H3/p+1/b10-8-,11-9-,16-14-,17-15-,22-20-,23-21-,28-26-,29-27-,34-32-,35-33-,40-38-,41-39-,46-44-,48-45-,51-49-,54-52-,57-55-,63-61-,69-67-,75-73-.